The largest absolute Gasteiger partial charge is 0.376 e. The molecule has 0 saturated heterocycles. The Kier molecular flexibility index (Phi) is 3.84. The first kappa shape index (κ1) is 16.4. The van der Waals surface area contributed by atoms with Crippen molar-refractivity contribution in [3.05, 3.63) is 87.3 Å². The lowest BCUT2D eigenvalue weighted by molar-refractivity contribution is -0.385. The highest BCUT2D eigenvalue weighted by molar-refractivity contribution is 5.66. The van der Waals surface area contributed by atoms with Gasteiger partial charge in [-0.3, -0.25) is 19.3 Å². The molecule has 0 aliphatic carbocycles. The Labute approximate surface area is 150 Å². The van der Waals surface area contributed by atoms with Gasteiger partial charge in [0.15, 0.2) is 0 Å². The van der Waals surface area contributed by atoms with Gasteiger partial charge in [-0.15, -0.1) is 0 Å². The van der Waals surface area contributed by atoms with Crippen LogP contribution in [0.3, 0.4) is 0 Å². The summed E-state index contributed by atoms with van der Waals surface area (Å²) in [7, 11) is 0. The maximum Gasteiger partial charge on any atom is 0.376 e. The first-order valence-corrected chi connectivity index (χ1v) is 7.77. The van der Waals surface area contributed by atoms with Crippen LogP contribution in [0, 0.1) is 15.9 Å². The third-order valence-electron chi connectivity index (χ3n) is 3.84. The number of pyridine rings is 1. The summed E-state index contributed by atoms with van der Waals surface area (Å²) in [4.78, 5) is 27.2. The Balaban J connectivity index is 1.78. The molecule has 0 bridgehead atoms. The van der Waals surface area contributed by atoms with Crippen molar-refractivity contribution in [3.8, 4) is 5.69 Å². The van der Waals surface area contributed by atoms with Crippen molar-refractivity contribution in [2.75, 3.05) is 5.32 Å². The summed E-state index contributed by atoms with van der Waals surface area (Å²) in [5.41, 5.74) is -0.732. The van der Waals surface area contributed by atoms with Gasteiger partial charge in [0.1, 0.15) is 17.2 Å². The van der Waals surface area contributed by atoms with Crippen LogP contribution in [0.5, 0.6) is 0 Å². The molecule has 4 rings (SSSR count). The zero-order valence-electron chi connectivity index (χ0n) is 13.6. The highest BCUT2D eigenvalue weighted by Gasteiger charge is 2.24. The first-order valence-electron chi connectivity index (χ1n) is 7.77. The predicted molar refractivity (Wildman–Crippen MR) is 94.9 cm³/mol. The molecule has 0 fully saturated rings. The number of nitrogens with one attached hydrogen (secondary N) is 1. The summed E-state index contributed by atoms with van der Waals surface area (Å²) in [6, 6.07) is 10.8. The van der Waals surface area contributed by atoms with Crippen molar-refractivity contribution in [1.29, 1.82) is 0 Å². The molecule has 0 spiro atoms. The predicted octanol–water partition coefficient (Wildman–Crippen LogP) is 2.67. The second-order valence-corrected chi connectivity index (χ2v) is 5.55. The first-order chi connectivity index (χ1) is 13.0. The minimum Gasteiger partial charge on any atom is -0.332 e. The minimum absolute atomic E-state index is 0.214. The van der Waals surface area contributed by atoms with E-state index in [-0.39, 0.29) is 17.2 Å². The van der Waals surface area contributed by atoms with Crippen molar-refractivity contribution in [2.45, 2.75) is 0 Å². The van der Waals surface area contributed by atoms with E-state index >= 15 is 0 Å². The third-order valence-corrected chi connectivity index (χ3v) is 3.84. The molecule has 9 nitrogen and oxygen atoms in total. The van der Waals surface area contributed by atoms with E-state index < -0.39 is 22.0 Å². The molecule has 0 unspecified atom stereocenters. The second kappa shape index (κ2) is 6.33. The molecule has 27 heavy (non-hydrogen) atoms. The average Bonchev–Trinajstić information content (AvgIpc) is 3.10. The Hall–Kier alpha value is -4.08. The number of para-hydroxylation sites is 1. The summed E-state index contributed by atoms with van der Waals surface area (Å²) in [6.07, 6.45) is 4.19. The molecule has 4 aromatic rings. The molecule has 1 N–H and O–H groups in total. The van der Waals surface area contributed by atoms with Gasteiger partial charge in [-0.25, -0.2) is 14.1 Å². The molecule has 0 atom stereocenters. The molecule has 3 heterocycles. The number of rotatable bonds is 4. The van der Waals surface area contributed by atoms with Crippen molar-refractivity contribution >= 4 is 22.8 Å². The fourth-order valence-corrected chi connectivity index (χ4v) is 2.62. The maximum atomic E-state index is 13.9. The normalized spacial score (nSPS) is 10.9. The van der Waals surface area contributed by atoms with Crippen molar-refractivity contribution in [3.63, 3.8) is 0 Å². The molecule has 0 aliphatic rings. The third kappa shape index (κ3) is 2.88. The number of hydrogen-bond donors (Lipinski definition) is 1. The van der Waals surface area contributed by atoms with Crippen LogP contribution in [-0.2, 0) is 0 Å². The lowest BCUT2D eigenvalue weighted by Crippen LogP contribution is -2.20. The van der Waals surface area contributed by atoms with Gasteiger partial charge in [0.2, 0.25) is 5.82 Å². The van der Waals surface area contributed by atoms with Crippen LogP contribution in [-0.4, -0.2) is 24.1 Å². The summed E-state index contributed by atoms with van der Waals surface area (Å²) in [5.74, 6) is -0.690. The van der Waals surface area contributed by atoms with Crippen LogP contribution in [0.2, 0.25) is 0 Å². The van der Waals surface area contributed by atoms with Crippen LogP contribution < -0.4 is 10.9 Å². The number of hydrogen-bond acceptors (Lipinski definition) is 6. The number of nitro groups is 1. The van der Waals surface area contributed by atoms with E-state index in [1.165, 1.54) is 35.4 Å². The van der Waals surface area contributed by atoms with Crippen molar-refractivity contribution in [1.82, 2.24) is 19.2 Å². The van der Waals surface area contributed by atoms with Crippen LogP contribution >= 0.6 is 0 Å². The molecule has 0 saturated carbocycles. The van der Waals surface area contributed by atoms with E-state index in [4.69, 9.17) is 0 Å². The van der Waals surface area contributed by atoms with E-state index in [0.717, 1.165) is 4.40 Å². The maximum absolute atomic E-state index is 13.9. The molecule has 10 heteroatoms. The number of benzene rings is 1. The van der Waals surface area contributed by atoms with Crippen molar-refractivity contribution < 1.29 is 9.31 Å². The Bertz CT molecular complexity index is 1230. The van der Waals surface area contributed by atoms with Crippen LogP contribution in [0.4, 0.5) is 21.6 Å². The van der Waals surface area contributed by atoms with E-state index in [2.05, 4.69) is 15.4 Å². The molecule has 3 aromatic heterocycles. The summed E-state index contributed by atoms with van der Waals surface area (Å²) >= 11 is 0. The quantitative estimate of drug-likeness (QED) is 0.439. The number of nitrogens with zero attached hydrogens (tertiary/aromatic N) is 5. The number of anilines is 2. The zero-order chi connectivity index (χ0) is 19.0. The SMILES string of the molecule is O=c1c([N+](=O)[O-])c(Nc2cnn(-c3ccccc3F)c2)nc2ccccn12. The van der Waals surface area contributed by atoms with Gasteiger partial charge in [0, 0.05) is 6.20 Å². The van der Waals surface area contributed by atoms with Gasteiger partial charge in [0.05, 0.1) is 23.0 Å². The standard InChI is InChI=1S/C17H11FN6O3/c18-12-5-1-2-6-13(12)23-10-11(9-19-23)20-16-15(24(26)27)17(25)22-8-4-3-7-14(22)21-16/h1-10,20H. The Morgan fingerprint density at radius 2 is 1.93 bits per heavy atom. The van der Waals surface area contributed by atoms with E-state index in [0.29, 0.717) is 5.69 Å². The monoisotopic (exact) mass is 366 g/mol. The van der Waals surface area contributed by atoms with Gasteiger partial charge < -0.3 is 5.32 Å². The zero-order valence-corrected chi connectivity index (χ0v) is 13.6. The molecule has 0 amide bonds. The van der Waals surface area contributed by atoms with Crippen LogP contribution in [0.25, 0.3) is 11.3 Å². The topological polar surface area (TPSA) is 107 Å². The fraction of sp³-hybridized carbons (Fsp3) is 0. The summed E-state index contributed by atoms with van der Waals surface area (Å²) < 4.78 is 16.2. The molecular formula is C17H11FN6O3. The minimum atomic E-state index is -0.811. The van der Waals surface area contributed by atoms with E-state index in [1.54, 1.807) is 30.3 Å². The lowest BCUT2D eigenvalue weighted by atomic mass is 10.3. The average molecular weight is 366 g/mol. The number of aromatic nitrogens is 4. The van der Waals surface area contributed by atoms with Gasteiger partial charge in [-0.2, -0.15) is 5.10 Å². The van der Waals surface area contributed by atoms with Crippen LogP contribution in [0.1, 0.15) is 0 Å². The Morgan fingerprint density at radius 1 is 1.15 bits per heavy atom. The lowest BCUT2D eigenvalue weighted by Gasteiger charge is -2.06. The highest BCUT2D eigenvalue weighted by Crippen LogP contribution is 2.23. The second-order valence-electron chi connectivity index (χ2n) is 5.55. The molecule has 0 radical (unpaired) electrons. The highest BCUT2D eigenvalue weighted by atomic mass is 19.1. The molecule has 1 aromatic carbocycles. The fourth-order valence-electron chi connectivity index (χ4n) is 2.62. The van der Waals surface area contributed by atoms with Gasteiger partial charge in [-0.1, -0.05) is 18.2 Å². The summed E-state index contributed by atoms with van der Waals surface area (Å²) in [5, 5.41) is 18.2. The molecule has 0 aliphatic heterocycles. The van der Waals surface area contributed by atoms with Gasteiger partial charge in [-0.05, 0) is 24.3 Å². The van der Waals surface area contributed by atoms with E-state index in [1.807, 2.05) is 0 Å². The van der Waals surface area contributed by atoms with Crippen LogP contribution in [0.15, 0.2) is 65.8 Å². The van der Waals surface area contributed by atoms with Gasteiger partial charge >= 0.3 is 11.2 Å². The van der Waals surface area contributed by atoms with Gasteiger partial charge in [0.25, 0.3) is 0 Å². The van der Waals surface area contributed by atoms with E-state index in [9.17, 15) is 19.3 Å². The smallest absolute Gasteiger partial charge is 0.332 e. The number of halogens is 1. The number of fused-ring (bicyclic) bond motifs is 1. The summed E-state index contributed by atoms with van der Waals surface area (Å²) in [6.45, 7) is 0. The van der Waals surface area contributed by atoms with Crippen molar-refractivity contribution in [2.24, 2.45) is 0 Å². The molecular weight excluding hydrogens is 355 g/mol. The Morgan fingerprint density at radius 3 is 2.70 bits per heavy atom. The molecule has 134 valence electrons.